The van der Waals surface area contributed by atoms with Gasteiger partial charge in [0.25, 0.3) is 0 Å². The molecule has 0 spiro atoms. The van der Waals surface area contributed by atoms with E-state index in [-0.39, 0.29) is 11.6 Å². The van der Waals surface area contributed by atoms with Crippen LogP contribution in [-0.4, -0.2) is 54.2 Å². The van der Waals surface area contributed by atoms with Crippen LogP contribution in [0.5, 0.6) is 5.75 Å². The zero-order chi connectivity index (χ0) is 18.0. The number of carbonyl (C=O) groups is 1. The first-order valence-corrected chi connectivity index (χ1v) is 8.94. The molecular formula is C19H23N5O2. The van der Waals surface area contributed by atoms with E-state index in [4.69, 9.17) is 4.74 Å². The molecule has 2 amide bonds. The number of anilines is 1. The zero-order valence-corrected chi connectivity index (χ0v) is 14.9. The minimum atomic E-state index is -0.219. The van der Waals surface area contributed by atoms with Crippen molar-refractivity contribution in [2.45, 2.75) is 18.4 Å². The summed E-state index contributed by atoms with van der Waals surface area (Å²) in [4.78, 5) is 25.3. The first-order valence-electron chi connectivity index (χ1n) is 8.94. The van der Waals surface area contributed by atoms with Gasteiger partial charge in [-0.15, -0.1) is 0 Å². The summed E-state index contributed by atoms with van der Waals surface area (Å²) in [5.41, 5.74) is 0.922. The van der Waals surface area contributed by atoms with Crippen molar-refractivity contribution in [2.24, 2.45) is 0 Å². The van der Waals surface area contributed by atoms with Crippen LogP contribution in [0.25, 0.3) is 0 Å². The molecule has 1 aliphatic heterocycles. The monoisotopic (exact) mass is 353 g/mol. The van der Waals surface area contributed by atoms with Crippen LogP contribution in [-0.2, 0) is 5.54 Å². The lowest BCUT2D eigenvalue weighted by molar-refractivity contribution is 0.188. The van der Waals surface area contributed by atoms with Gasteiger partial charge in [0.05, 0.1) is 12.6 Å². The molecule has 1 aromatic carbocycles. The van der Waals surface area contributed by atoms with Crippen LogP contribution in [0.2, 0.25) is 0 Å². The van der Waals surface area contributed by atoms with Crippen LogP contribution in [0, 0.1) is 0 Å². The molecule has 1 saturated heterocycles. The Morgan fingerprint density at radius 1 is 1.08 bits per heavy atom. The maximum Gasteiger partial charge on any atom is 0.318 e. The lowest BCUT2D eigenvalue weighted by Gasteiger charge is -2.35. The molecule has 0 bridgehead atoms. The van der Waals surface area contributed by atoms with E-state index in [0.29, 0.717) is 13.1 Å². The molecule has 2 fully saturated rings. The third-order valence-electron chi connectivity index (χ3n) is 5.14. The number of rotatable bonds is 4. The minimum absolute atomic E-state index is 0.00643. The maximum atomic E-state index is 12.7. The van der Waals surface area contributed by atoms with Crippen molar-refractivity contribution >= 4 is 12.0 Å². The number of nitrogens with one attached hydrogen (secondary N) is 1. The minimum Gasteiger partial charge on any atom is -0.497 e. The van der Waals surface area contributed by atoms with Gasteiger partial charge in [0.2, 0.25) is 5.95 Å². The normalized spacial score (nSPS) is 18.3. The number of urea groups is 1. The van der Waals surface area contributed by atoms with Crippen LogP contribution < -0.4 is 15.0 Å². The molecule has 1 aliphatic carbocycles. The Kier molecular flexibility index (Phi) is 4.36. The number of piperazine rings is 1. The highest BCUT2D eigenvalue weighted by Crippen LogP contribution is 2.46. The highest BCUT2D eigenvalue weighted by atomic mass is 16.5. The van der Waals surface area contributed by atoms with Crippen molar-refractivity contribution in [1.82, 2.24) is 20.2 Å². The summed E-state index contributed by atoms with van der Waals surface area (Å²) in [6, 6.07) is 9.78. The molecule has 0 unspecified atom stereocenters. The summed E-state index contributed by atoms with van der Waals surface area (Å²) in [7, 11) is 1.66. The van der Waals surface area contributed by atoms with E-state index in [0.717, 1.165) is 43.2 Å². The Balaban J connectivity index is 1.35. The van der Waals surface area contributed by atoms with Crippen LogP contribution >= 0.6 is 0 Å². The lowest BCUT2D eigenvalue weighted by atomic mass is 10.0. The van der Waals surface area contributed by atoms with Gasteiger partial charge in [0.15, 0.2) is 0 Å². The standard InChI is InChI=1S/C19H23N5O2/c1-26-16-5-3-15(4-6-16)19(7-8-19)22-18(25)24-13-11-23(12-14-24)17-20-9-2-10-21-17/h2-6,9-10H,7-8,11-14H2,1H3,(H,22,25). The van der Waals surface area contributed by atoms with Crippen molar-refractivity contribution < 1.29 is 9.53 Å². The predicted octanol–water partition coefficient (Wildman–Crippen LogP) is 2.01. The first-order chi connectivity index (χ1) is 12.7. The topological polar surface area (TPSA) is 70.6 Å². The van der Waals surface area contributed by atoms with Gasteiger partial charge in [-0.3, -0.25) is 0 Å². The molecule has 1 N–H and O–H groups in total. The average Bonchev–Trinajstić information content (AvgIpc) is 3.49. The van der Waals surface area contributed by atoms with E-state index in [2.05, 4.69) is 20.2 Å². The maximum absolute atomic E-state index is 12.7. The Morgan fingerprint density at radius 2 is 1.73 bits per heavy atom. The number of hydrogen-bond acceptors (Lipinski definition) is 5. The molecule has 2 heterocycles. The van der Waals surface area contributed by atoms with Crippen LogP contribution in [0.3, 0.4) is 0 Å². The lowest BCUT2D eigenvalue weighted by Crippen LogP contribution is -2.53. The molecule has 7 heteroatoms. The van der Waals surface area contributed by atoms with E-state index in [9.17, 15) is 4.79 Å². The number of methoxy groups -OCH3 is 1. The van der Waals surface area contributed by atoms with E-state index < -0.39 is 0 Å². The van der Waals surface area contributed by atoms with Crippen molar-refractivity contribution in [1.29, 1.82) is 0 Å². The predicted molar refractivity (Wildman–Crippen MR) is 98.3 cm³/mol. The molecular weight excluding hydrogens is 330 g/mol. The van der Waals surface area contributed by atoms with E-state index in [1.54, 1.807) is 25.6 Å². The van der Waals surface area contributed by atoms with Gasteiger partial charge in [0, 0.05) is 38.6 Å². The summed E-state index contributed by atoms with van der Waals surface area (Å²) in [6.45, 7) is 2.82. The summed E-state index contributed by atoms with van der Waals surface area (Å²) in [5.74, 6) is 1.56. The summed E-state index contributed by atoms with van der Waals surface area (Å²) in [5, 5.41) is 3.24. The number of amides is 2. The SMILES string of the molecule is COc1ccc(C2(NC(=O)N3CCN(c4ncccn4)CC3)CC2)cc1. The molecule has 136 valence electrons. The number of hydrogen-bond donors (Lipinski definition) is 1. The van der Waals surface area contributed by atoms with Gasteiger partial charge in [0.1, 0.15) is 5.75 Å². The van der Waals surface area contributed by atoms with Gasteiger partial charge in [-0.2, -0.15) is 0 Å². The van der Waals surface area contributed by atoms with Crippen molar-refractivity contribution in [3.05, 3.63) is 48.3 Å². The number of benzene rings is 1. The van der Waals surface area contributed by atoms with Gasteiger partial charge in [-0.05, 0) is 36.6 Å². The van der Waals surface area contributed by atoms with Crippen molar-refractivity contribution in [3.63, 3.8) is 0 Å². The van der Waals surface area contributed by atoms with E-state index >= 15 is 0 Å². The second kappa shape index (κ2) is 6.82. The average molecular weight is 353 g/mol. The Hall–Kier alpha value is -2.83. The largest absolute Gasteiger partial charge is 0.497 e. The number of aromatic nitrogens is 2. The van der Waals surface area contributed by atoms with E-state index in [1.807, 2.05) is 29.2 Å². The fourth-order valence-corrected chi connectivity index (χ4v) is 3.37. The van der Waals surface area contributed by atoms with Gasteiger partial charge >= 0.3 is 6.03 Å². The quantitative estimate of drug-likeness (QED) is 0.910. The number of ether oxygens (including phenoxy) is 1. The summed E-state index contributed by atoms with van der Waals surface area (Å²) >= 11 is 0. The molecule has 1 saturated carbocycles. The Morgan fingerprint density at radius 3 is 2.31 bits per heavy atom. The second-order valence-electron chi connectivity index (χ2n) is 6.76. The smallest absolute Gasteiger partial charge is 0.318 e. The fraction of sp³-hybridized carbons (Fsp3) is 0.421. The molecule has 2 aliphatic rings. The third-order valence-corrected chi connectivity index (χ3v) is 5.14. The molecule has 1 aromatic heterocycles. The first kappa shape index (κ1) is 16.6. The molecule has 26 heavy (non-hydrogen) atoms. The summed E-state index contributed by atoms with van der Waals surface area (Å²) < 4.78 is 5.21. The summed E-state index contributed by atoms with van der Waals surface area (Å²) in [6.07, 6.45) is 5.44. The van der Waals surface area contributed by atoms with Gasteiger partial charge < -0.3 is 19.9 Å². The van der Waals surface area contributed by atoms with Crippen molar-refractivity contribution in [2.75, 3.05) is 38.2 Å². The third kappa shape index (κ3) is 3.29. The molecule has 0 atom stereocenters. The molecule has 4 rings (SSSR count). The fourth-order valence-electron chi connectivity index (χ4n) is 3.37. The molecule has 0 radical (unpaired) electrons. The second-order valence-corrected chi connectivity index (χ2v) is 6.76. The van der Waals surface area contributed by atoms with Crippen LogP contribution in [0.15, 0.2) is 42.7 Å². The van der Waals surface area contributed by atoms with Gasteiger partial charge in [-0.25, -0.2) is 14.8 Å². The van der Waals surface area contributed by atoms with E-state index in [1.165, 1.54) is 0 Å². The molecule has 7 nitrogen and oxygen atoms in total. The highest BCUT2D eigenvalue weighted by molar-refractivity contribution is 5.76. The number of carbonyl (C=O) groups excluding carboxylic acids is 1. The van der Waals surface area contributed by atoms with Crippen LogP contribution in [0.4, 0.5) is 10.7 Å². The molecule has 2 aromatic rings. The number of nitrogens with zero attached hydrogens (tertiary/aromatic N) is 4. The highest BCUT2D eigenvalue weighted by Gasteiger charge is 2.46. The van der Waals surface area contributed by atoms with Crippen molar-refractivity contribution in [3.8, 4) is 5.75 Å². The zero-order valence-electron chi connectivity index (χ0n) is 14.9. The van der Waals surface area contributed by atoms with Gasteiger partial charge in [-0.1, -0.05) is 12.1 Å². The van der Waals surface area contributed by atoms with Crippen LogP contribution in [0.1, 0.15) is 18.4 Å². The Bertz CT molecular complexity index is 753. The Labute approximate surface area is 153 Å².